The average molecular weight is 367 g/mol. The van der Waals surface area contributed by atoms with Crippen molar-refractivity contribution in [1.82, 2.24) is 4.72 Å². The predicted octanol–water partition coefficient (Wildman–Crippen LogP) is 1.93. The molecule has 1 heterocycles. The molecule has 1 aliphatic heterocycles. The summed E-state index contributed by atoms with van der Waals surface area (Å²) in [7, 11) is -4.09. The first-order valence-corrected chi connectivity index (χ1v) is 8.59. The van der Waals surface area contributed by atoms with Crippen molar-refractivity contribution in [2.24, 2.45) is 0 Å². The summed E-state index contributed by atoms with van der Waals surface area (Å²) >= 11 is 0. The Hall–Kier alpha value is -1.65. The van der Waals surface area contributed by atoms with E-state index in [0.717, 1.165) is 18.2 Å². The van der Waals surface area contributed by atoms with E-state index in [1.807, 2.05) is 4.72 Å². The number of aliphatic carboxylic acids is 1. The van der Waals surface area contributed by atoms with Crippen LogP contribution in [0.5, 0.6) is 0 Å². The second-order valence-electron chi connectivity index (χ2n) is 5.46. The molecular formula is C14H16F3NO5S. The summed E-state index contributed by atoms with van der Waals surface area (Å²) in [6, 6.07) is 1.75. The Bertz CT molecular complexity index is 719. The summed E-state index contributed by atoms with van der Waals surface area (Å²) in [6.45, 7) is 1.75. The van der Waals surface area contributed by atoms with Crippen LogP contribution in [0, 0.1) is 0 Å². The molecule has 2 N–H and O–H groups in total. The minimum atomic E-state index is -4.66. The third-order valence-electron chi connectivity index (χ3n) is 3.78. The fourth-order valence-corrected chi connectivity index (χ4v) is 4.26. The van der Waals surface area contributed by atoms with Gasteiger partial charge in [-0.2, -0.15) is 17.9 Å². The van der Waals surface area contributed by atoms with Gasteiger partial charge in [0, 0.05) is 6.61 Å². The number of sulfonamides is 1. The number of benzene rings is 1. The first-order chi connectivity index (χ1) is 11.0. The number of carboxylic acid groups (broad SMARTS) is 1. The van der Waals surface area contributed by atoms with Crippen LogP contribution in [0.15, 0.2) is 24.3 Å². The minimum absolute atomic E-state index is 0.186. The maximum atomic E-state index is 12.8. The topological polar surface area (TPSA) is 92.7 Å². The van der Waals surface area contributed by atoms with Crippen molar-refractivity contribution in [1.29, 1.82) is 0 Å². The van der Waals surface area contributed by atoms with Crippen molar-refractivity contribution in [2.45, 2.75) is 36.9 Å². The van der Waals surface area contributed by atoms with E-state index < -0.39 is 45.1 Å². The van der Waals surface area contributed by atoms with E-state index in [-0.39, 0.29) is 18.6 Å². The number of hydrogen-bond acceptors (Lipinski definition) is 4. The summed E-state index contributed by atoms with van der Waals surface area (Å²) in [5, 5.41) is 8.30. The fraction of sp³-hybridized carbons (Fsp3) is 0.500. The van der Waals surface area contributed by atoms with Gasteiger partial charge in [0.15, 0.2) is 0 Å². The smallest absolute Gasteiger partial charge is 0.416 e. The number of rotatable bonds is 5. The second kappa shape index (κ2) is 6.69. The van der Waals surface area contributed by atoms with Crippen molar-refractivity contribution in [3.05, 3.63) is 35.4 Å². The molecule has 1 fully saturated rings. The Labute approximate surface area is 136 Å². The molecule has 2 rings (SSSR count). The molecule has 0 aliphatic carbocycles. The van der Waals surface area contributed by atoms with Crippen LogP contribution in [0.4, 0.5) is 13.2 Å². The molecule has 1 aromatic carbocycles. The number of nitrogens with one attached hydrogen (secondary N) is 1. The normalized spacial score (nSPS) is 23.2. The lowest BCUT2D eigenvalue weighted by Gasteiger charge is -2.21. The second-order valence-corrected chi connectivity index (χ2v) is 7.39. The highest BCUT2D eigenvalue weighted by atomic mass is 32.2. The van der Waals surface area contributed by atoms with Gasteiger partial charge in [-0.05, 0) is 31.0 Å². The Morgan fingerprint density at radius 2 is 2.08 bits per heavy atom. The molecule has 24 heavy (non-hydrogen) atoms. The van der Waals surface area contributed by atoms with E-state index in [2.05, 4.69) is 0 Å². The highest BCUT2D eigenvalue weighted by Crippen LogP contribution is 2.31. The van der Waals surface area contributed by atoms with E-state index in [1.165, 1.54) is 6.92 Å². The number of carbonyl (C=O) groups is 1. The Morgan fingerprint density at radius 3 is 2.58 bits per heavy atom. The SMILES string of the molecule is CC1OCCC1S(=O)(=O)NC(C(=O)O)c1cccc(C(F)(F)F)c1. The molecule has 0 saturated carbocycles. The van der Waals surface area contributed by atoms with Gasteiger partial charge >= 0.3 is 12.1 Å². The number of alkyl halides is 3. The third-order valence-corrected chi connectivity index (χ3v) is 5.76. The zero-order chi connectivity index (χ0) is 18.1. The lowest BCUT2D eigenvalue weighted by molar-refractivity contribution is -0.140. The first kappa shape index (κ1) is 18.7. The van der Waals surface area contributed by atoms with E-state index >= 15 is 0 Å². The third kappa shape index (κ3) is 4.05. The maximum absolute atomic E-state index is 12.8. The molecular weight excluding hydrogens is 351 g/mol. The lowest BCUT2D eigenvalue weighted by atomic mass is 10.0. The Balaban J connectivity index is 2.32. The largest absolute Gasteiger partial charge is 0.480 e. The molecule has 1 aliphatic rings. The molecule has 3 unspecified atom stereocenters. The number of carboxylic acids is 1. The monoisotopic (exact) mass is 367 g/mol. The van der Waals surface area contributed by atoms with E-state index in [9.17, 15) is 31.5 Å². The van der Waals surface area contributed by atoms with Crippen LogP contribution in [-0.4, -0.2) is 37.5 Å². The number of ether oxygens (including phenoxy) is 1. The molecule has 0 radical (unpaired) electrons. The average Bonchev–Trinajstić information content (AvgIpc) is 2.91. The van der Waals surface area contributed by atoms with Crippen LogP contribution in [0.25, 0.3) is 0 Å². The molecule has 0 amide bonds. The number of hydrogen-bond donors (Lipinski definition) is 2. The van der Waals surface area contributed by atoms with Gasteiger partial charge in [0.1, 0.15) is 11.3 Å². The van der Waals surface area contributed by atoms with E-state index in [1.54, 1.807) is 0 Å². The molecule has 0 spiro atoms. The highest BCUT2D eigenvalue weighted by Gasteiger charge is 2.39. The maximum Gasteiger partial charge on any atom is 0.416 e. The molecule has 10 heteroatoms. The van der Waals surface area contributed by atoms with Crippen molar-refractivity contribution in [3.63, 3.8) is 0 Å². The summed E-state index contributed by atoms with van der Waals surface area (Å²) in [4.78, 5) is 11.4. The summed E-state index contributed by atoms with van der Waals surface area (Å²) in [6.07, 6.45) is -5.10. The summed E-state index contributed by atoms with van der Waals surface area (Å²) in [5.41, 5.74) is -1.35. The molecule has 3 atom stereocenters. The Kier molecular flexibility index (Phi) is 5.21. The van der Waals surface area contributed by atoms with Gasteiger partial charge in [0.05, 0.1) is 11.7 Å². The minimum Gasteiger partial charge on any atom is -0.480 e. The van der Waals surface area contributed by atoms with Gasteiger partial charge in [-0.15, -0.1) is 0 Å². The predicted molar refractivity (Wildman–Crippen MR) is 77.7 cm³/mol. The van der Waals surface area contributed by atoms with Crippen molar-refractivity contribution < 1.29 is 36.2 Å². The van der Waals surface area contributed by atoms with Gasteiger partial charge in [-0.1, -0.05) is 12.1 Å². The molecule has 134 valence electrons. The quantitative estimate of drug-likeness (QED) is 0.830. The summed E-state index contributed by atoms with van der Waals surface area (Å²) < 4.78 is 70.1. The lowest BCUT2D eigenvalue weighted by Crippen LogP contribution is -2.42. The molecule has 6 nitrogen and oxygen atoms in total. The van der Waals surface area contributed by atoms with Crippen LogP contribution in [-0.2, 0) is 25.7 Å². The van der Waals surface area contributed by atoms with Crippen LogP contribution in [0.2, 0.25) is 0 Å². The van der Waals surface area contributed by atoms with Gasteiger partial charge in [0.25, 0.3) is 0 Å². The van der Waals surface area contributed by atoms with Crippen LogP contribution in [0.3, 0.4) is 0 Å². The van der Waals surface area contributed by atoms with Gasteiger partial charge < -0.3 is 9.84 Å². The van der Waals surface area contributed by atoms with Crippen LogP contribution < -0.4 is 4.72 Å². The zero-order valence-corrected chi connectivity index (χ0v) is 13.4. The first-order valence-electron chi connectivity index (χ1n) is 7.05. The Morgan fingerprint density at radius 1 is 1.42 bits per heavy atom. The highest BCUT2D eigenvalue weighted by molar-refractivity contribution is 7.90. The molecule has 1 saturated heterocycles. The molecule has 1 aromatic rings. The van der Waals surface area contributed by atoms with Gasteiger partial charge in [0.2, 0.25) is 10.0 Å². The standard InChI is InChI=1S/C14H16F3NO5S/c1-8-11(5-6-23-8)24(21,22)18-12(13(19)20)9-3-2-4-10(7-9)14(15,16)17/h2-4,7-8,11-12,18H,5-6H2,1H3,(H,19,20). The van der Waals surface area contributed by atoms with E-state index in [4.69, 9.17) is 4.74 Å². The molecule has 0 bridgehead atoms. The van der Waals surface area contributed by atoms with Crippen molar-refractivity contribution in [3.8, 4) is 0 Å². The zero-order valence-electron chi connectivity index (χ0n) is 12.6. The van der Waals surface area contributed by atoms with Crippen molar-refractivity contribution >= 4 is 16.0 Å². The fourth-order valence-electron chi connectivity index (χ4n) is 2.53. The van der Waals surface area contributed by atoms with Gasteiger partial charge in [-0.3, -0.25) is 4.79 Å². The van der Waals surface area contributed by atoms with Crippen LogP contribution in [0.1, 0.15) is 30.5 Å². The number of halogens is 3. The molecule has 0 aromatic heterocycles. The van der Waals surface area contributed by atoms with Gasteiger partial charge in [-0.25, -0.2) is 8.42 Å². The van der Waals surface area contributed by atoms with Crippen molar-refractivity contribution in [2.75, 3.05) is 6.61 Å². The van der Waals surface area contributed by atoms with Crippen LogP contribution >= 0.6 is 0 Å². The van der Waals surface area contributed by atoms with E-state index in [0.29, 0.717) is 6.07 Å². The summed E-state index contributed by atoms with van der Waals surface area (Å²) in [5.74, 6) is -1.59.